The number of hydrogen-bond acceptors (Lipinski definition) is 9. The lowest BCUT2D eigenvalue weighted by molar-refractivity contribution is -0.384. The third kappa shape index (κ3) is 2.99. The van der Waals surface area contributed by atoms with Crippen LogP contribution in [0.3, 0.4) is 0 Å². The lowest BCUT2D eigenvalue weighted by Crippen LogP contribution is -2.07. The number of esters is 1. The molecule has 10 nitrogen and oxygen atoms in total. The molecule has 0 radical (unpaired) electrons. The number of carbonyl (C=O) groups excluding carboxylic acids is 1. The highest BCUT2D eigenvalue weighted by Crippen LogP contribution is 2.33. The number of methoxy groups -OCH3 is 1. The minimum atomic E-state index is -0.701. The Hall–Kier alpha value is -3.69. The summed E-state index contributed by atoms with van der Waals surface area (Å²) in [6.07, 6.45) is 4.05. The summed E-state index contributed by atoms with van der Waals surface area (Å²) >= 11 is 0. The molecule has 0 bridgehead atoms. The molecule has 132 valence electrons. The fourth-order valence-corrected chi connectivity index (χ4v) is 2.49. The molecular formula is C16H13N5O5. The summed E-state index contributed by atoms with van der Waals surface area (Å²) in [4.78, 5) is 34.3. The maximum Gasteiger partial charge on any atom is 0.376 e. The van der Waals surface area contributed by atoms with Crippen molar-refractivity contribution in [2.75, 3.05) is 7.11 Å². The first-order valence-electron chi connectivity index (χ1n) is 7.40. The highest BCUT2D eigenvalue weighted by Gasteiger charge is 2.22. The third-order valence-corrected chi connectivity index (χ3v) is 3.68. The van der Waals surface area contributed by atoms with Crippen LogP contribution >= 0.6 is 0 Å². The topological polar surface area (TPSA) is 134 Å². The molecule has 0 unspecified atom stereocenters. The van der Waals surface area contributed by atoms with E-state index >= 15 is 0 Å². The van der Waals surface area contributed by atoms with E-state index in [1.54, 1.807) is 13.8 Å². The van der Waals surface area contributed by atoms with Gasteiger partial charge in [0.05, 0.1) is 17.7 Å². The van der Waals surface area contributed by atoms with Gasteiger partial charge in [0, 0.05) is 41.3 Å². The SMILES string of the molecule is COC(=O)c1ncc(-c2ncc(-c3c(C)noc3C)cc2[N+](=O)[O-])cn1. The summed E-state index contributed by atoms with van der Waals surface area (Å²) in [5.41, 5.74) is 1.94. The van der Waals surface area contributed by atoms with E-state index in [0.29, 0.717) is 28.1 Å². The number of carbonyl (C=O) groups is 1. The van der Waals surface area contributed by atoms with Gasteiger partial charge in [0.15, 0.2) is 5.69 Å². The van der Waals surface area contributed by atoms with Gasteiger partial charge in [-0.25, -0.2) is 19.7 Å². The zero-order chi connectivity index (χ0) is 18.8. The van der Waals surface area contributed by atoms with E-state index in [-0.39, 0.29) is 17.2 Å². The van der Waals surface area contributed by atoms with Gasteiger partial charge in [0.1, 0.15) is 5.76 Å². The van der Waals surface area contributed by atoms with Crippen LogP contribution in [-0.2, 0) is 4.74 Å². The van der Waals surface area contributed by atoms with Crippen LogP contribution in [0.1, 0.15) is 22.1 Å². The minimum absolute atomic E-state index is 0.0851. The molecule has 0 saturated carbocycles. The van der Waals surface area contributed by atoms with Gasteiger partial charge in [0.25, 0.3) is 5.69 Å². The number of pyridine rings is 1. The van der Waals surface area contributed by atoms with Crippen molar-refractivity contribution in [2.45, 2.75) is 13.8 Å². The van der Waals surface area contributed by atoms with Gasteiger partial charge >= 0.3 is 5.97 Å². The molecule has 26 heavy (non-hydrogen) atoms. The van der Waals surface area contributed by atoms with Crippen molar-refractivity contribution in [3.8, 4) is 22.4 Å². The maximum absolute atomic E-state index is 11.5. The minimum Gasteiger partial charge on any atom is -0.463 e. The normalized spacial score (nSPS) is 10.6. The quantitative estimate of drug-likeness (QED) is 0.393. The van der Waals surface area contributed by atoms with Gasteiger partial charge < -0.3 is 9.26 Å². The van der Waals surface area contributed by atoms with Crippen LogP contribution in [0.4, 0.5) is 5.69 Å². The van der Waals surface area contributed by atoms with E-state index in [4.69, 9.17) is 4.52 Å². The summed E-state index contributed by atoms with van der Waals surface area (Å²) in [5.74, 6) is -0.309. The molecule has 0 aliphatic carbocycles. The summed E-state index contributed by atoms with van der Waals surface area (Å²) < 4.78 is 9.62. The number of aromatic nitrogens is 4. The molecular weight excluding hydrogens is 342 g/mol. The summed E-state index contributed by atoms with van der Waals surface area (Å²) in [6.45, 7) is 3.46. The van der Waals surface area contributed by atoms with E-state index < -0.39 is 10.9 Å². The molecule has 0 N–H and O–H groups in total. The zero-order valence-electron chi connectivity index (χ0n) is 14.1. The van der Waals surface area contributed by atoms with Gasteiger partial charge in [-0.15, -0.1) is 0 Å². The number of aryl methyl sites for hydroxylation is 2. The van der Waals surface area contributed by atoms with Crippen molar-refractivity contribution in [3.63, 3.8) is 0 Å². The molecule has 0 aromatic carbocycles. The first-order chi connectivity index (χ1) is 12.4. The van der Waals surface area contributed by atoms with Crippen molar-refractivity contribution in [3.05, 3.63) is 52.0 Å². The van der Waals surface area contributed by atoms with Gasteiger partial charge in [-0.05, 0) is 13.8 Å². The number of hydrogen-bond donors (Lipinski definition) is 0. The molecule has 0 fully saturated rings. The Morgan fingerprint density at radius 1 is 1.15 bits per heavy atom. The molecule has 3 aromatic heterocycles. The van der Waals surface area contributed by atoms with Crippen molar-refractivity contribution >= 4 is 11.7 Å². The van der Waals surface area contributed by atoms with Crippen LogP contribution < -0.4 is 0 Å². The van der Waals surface area contributed by atoms with E-state index in [1.165, 1.54) is 31.8 Å². The average Bonchev–Trinajstić information content (AvgIpc) is 2.99. The van der Waals surface area contributed by atoms with E-state index in [0.717, 1.165) is 0 Å². The lowest BCUT2D eigenvalue weighted by atomic mass is 10.0. The molecule has 3 heterocycles. The monoisotopic (exact) mass is 355 g/mol. The first-order valence-corrected chi connectivity index (χ1v) is 7.40. The van der Waals surface area contributed by atoms with Crippen molar-refractivity contribution in [1.82, 2.24) is 20.1 Å². The van der Waals surface area contributed by atoms with Crippen LogP contribution in [0.25, 0.3) is 22.4 Å². The fourth-order valence-electron chi connectivity index (χ4n) is 2.49. The Kier molecular flexibility index (Phi) is 4.40. The van der Waals surface area contributed by atoms with Crippen LogP contribution in [0, 0.1) is 24.0 Å². The van der Waals surface area contributed by atoms with Gasteiger partial charge in [0.2, 0.25) is 5.82 Å². The number of ether oxygens (including phenoxy) is 1. The molecule has 10 heteroatoms. The van der Waals surface area contributed by atoms with Gasteiger partial charge in [-0.2, -0.15) is 0 Å². The summed E-state index contributed by atoms with van der Waals surface area (Å²) in [5, 5.41) is 15.4. The molecule has 3 rings (SSSR count). The Bertz CT molecular complexity index is 977. The average molecular weight is 355 g/mol. The second kappa shape index (κ2) is 6.67. The van der Waals surface area contributed by atoms with E-state index in [1.807, 2.05) is 0 Å². The molecule has 3 aromatic rings. The van der Waals surface area contributed by atoms with Gasteiger partial charge in [-0.3, -0.25) is 10.1 Å². The van der Waals surface area contributed by atoms with Crippen LogP contribution in [0.15, 0.2) is 29.2 Å². The van der Waals surface area contributed by atoms with E-state index in [2.05, 4.69) is 24.8 Å². The smallest absolute Gasteiger partial charge is 0.376 e. The molecule has 0 aliphatic rings. The van der Waals surface area contributed by atoms with Crippen molar-refractivity contribution in [2.24, 2.45) is 0 Å². The maximum atomic E-state index is 11.5. The van der Waals surface area contributed by atoms with Gasteiger partial charge in [-0.1, -0.05) is 5.16 Å². The third-order valence-electron chi connectivity index (χ3n) is 3.68. The second-order valence-electron chi connectivity index (χ2n) is 5.33. The predicted molar refractivity (Wildman–Crippen MR) is 88.2 cm³/mol. The number of nitro groups is 1. The zero-order valence-corrected chi connectivity index (χ0v) is 14.1. The largest absolute Gasteiger partial charge is 0.463 e. The highest BCUT2D eigenvalue weighted by molar-refractivity contribution is 5.85. The Labute approximate surface area is 147 Å². The van der Waals surface area contributed by atoms with Crippen molar-refractivity contribution in [1.29, 1.82) is 0 Å². The molecule has 0 saturated heterocycles. The Balaban J connectivity index is 2.08. The summed E-state index contributed by atoms with van der Waals surface area (Å²) in [6, 6.07) is 1.39. The number of rotatable bonds is 4. The second-order valence-corrected chi connectivity index (χ2v) is 5.33. The van der Waals surface area contributed by atoms with E-state index in [9.17, 15) is 14.9 Å². The first kappa shape index (κ1) is 17.1. The molecule has 0 amide bonds. The standard InChI is InChI=1S/C16H13N5O5/c1-8-13(9(2)26-20-8)10-4-12(21(23)24)14(17-5-10)11-6-18-15(19-7-11)16(22)25-3/h4-7H,1-3H3. The lowest BCUT2D eigenvalue weighted by Gasteiger charge is -2.05. The Morgan fingerprint density at radius 3 is 2.35 bits per heavy atom. The van der Waals surface area contributed by atoms with Crippen LogP contribution in [0.2, 0.25) is 0 Å². The fraction of sp³-hybridized carbons (Fsp3) is 0.188. The summed E-state index contributed by atoms with van der Waals surface area (Å²) in [7, 11) is 1.21. The molecule has 0 aliphatic heterocycles. The molecule has 0 atom stereocenters. The number of nitrogens with zero attached hydrogens (tertiary/aromatic N) is 5. The Morgan fingerprint density at radius 2 is 1.81 bits per heavy atom. The van der Waals surface area contributed by atoms with Crippen LogP contribution in [0.5, 0.6) is 0 Å². The van der Waals surface area contributed by atoms with Crippen molar-refractivity contribution < 1.29 is 19.0 Å². The highest BCUT2D eigenvalue weighted by atomic mass is 16.6. The predicted octanol–water partition coefficient (Wildman–Crippen LogP) is 2.51. The molecule has 0 spiro atoms. The van der Waals surface area contributed by atoms with Crippen LogP contribution in [-0.4, -0.2) is 38.1 Å².